The second kappa shape index (κ2) is 8.05. The van der Waals surface area contributed by atoms with Crippen LogP contribution in [0.5, 0.6) is 17.2 Å². The van der Waals surface area contributed by atoms with Gasteiger partial charge >= 0.3 is 0 Å². The molecule has 2 rings (SSSR count). The summed E-state index contributed by atoms with van der Waals surface area (Å²) >= 11 is 0. The van der Waals surface area contributed by atoms with Crippen LogP contribution in [0.3, 0.4) is 0 Å². The Morgan fingerprint density at radius 2 is 1.44 bits per heavy atom. The fraction of sp³-hybridized carbons (Fsp3) is 0.222. The molecule has 0 unspecified atom stereocenters. The standard InChI is InChI=1S/C18H20N2O5/c1-19-17(21)11-5-6-15(16(9-11)25-4)20-18(22)12-7-13(23-2)10-14(8-12)24-3/h5-10H,1-4H3,(H,19,21)(H,20,22). The maximum Gasteiger partial charge on any atom is 0.256 e. The third-order valence-electron chi connectivity index (χ3n) is 3.55. The van der Waals surface area contributed by atoms with E-state index in [-0.39, 0.29) is 11.8 Å². The number of anilines is 1. The molecule has 0 spiro atoms. The number of hydrogen-bond donors (Lipinski definition) is 2. The molecule has 0 aliphatic heterocycles. The largest absolute Gasteiger partial charge is 0.497 e. The van der Waals surface area contributed by atoms with E-state index in [0.717, 1.165) is 0 Å². The zero-order valence-corrected chi connectivity index (χ0v) is 14.5. The minimum atomic E-state index is -0.358. The van der Waals surface area contributed by atoms with Gasteiger partial charge in [-0.05, 0) is 30.3 Å². The van der Waals surface area contributed by atoms with E-state index in [9.17, 15) is 9.59 Å². The molecule has 0 saturated heterocycles. The van der Waals surface area contributed by atoms with Crippen LogP contribution in [0, 0.1) is 0 Å². The fourth-order valence-corrected chi connectivity index (χ4v) is 2.21. The van der Waals surface area contributed by atoms with Crippen molar-refractivity contribution in [2.45, 2.75) is 0 Å². The highest BCUT2D eigenvalue weighted by Crippen LogP contribution is 2.28. The zero-order chi connectivity index (χ0) is 18.4. The normalized spacial score (nSPS) is 9.92. The van der Waals surface area contributed by atoms with Gasteiger partial charge in [0.25, 0.3) is 11.8 Å². The van der Waals surface area contributed by atoms with Gasteiger partial charge in [-0.1, -0.05) is 0 Å². The van der Waals surface area contributed by atoms with Gasteiger partial charge in [0.05, 0.1) is 27.0 Å². The number of amides is 2. The Bertz CT molecular complexity index is 767. The van der Waals surface area contributed by atoms with Crippen LogP contribution in [0.4, 0.5) is 5.69 Å². The molecule has 0 bridgehead atoms. The first kappa shape index (κ1) is 18.1. The topological polar surface area (TPSA) is 85.9 Å². The second-order valence-electron chi connectivity index (χ2n) is 5.05. The van der Waals surface area contributed by atoms with Crippen LogP contribution >= 0.6 is 0 Å². The van der Waals surface area contributed by atoms with E-state index >= 15 is 0 Å². The summed E-state index contributed by atoms with van der Waals surface area (Å²) in [6, 6.07) is 9.64. The van der Waals surface area contributed by atoms with E-state index in [1.165, 1.54) is 21.3 Å². The Hall–Kier alpha value is -3.22. The lowest BCUT2D eigenvalue weighted by atomic mass is 10.1. The van der Waals surface area contributed by atoms with E-state index in [1.54, 1.807) is 43.4 Å². The van der Waals surface area contributed by atoms with E-state index in [4.69, 9.17) is 14.2 Å². The molecule has 0 fully saturated rings. The number of ether oxygens (including phenoxy) is 3. The quantitative estimate of drug-likeness (QED) is 0.840. The number of methoxy groups -OCH3 is 3. The van der Waals surface area contributed by atoms with Gasteiger partial charge in [-0.25, -0.2) is 0 Å². The summed E-state index contributed by atoms with van der Waals surface area (Å²) in [5, 5.41) is 5.29. The number of benzene rings is 2. The van der Waals surface area contributed by atoms with Gasteiger partial charge in [0.2, 0.25) is 0 Å². The van der Waals surface area contributed by atoms with Gasteiger partial charge in [0, 0.05) is 24.2 Å². The van der Waals surface area contributed by atoms with Crippen LogP contribution in [0.15, 0.2) is 36.4 Å². The molecular formula is C18H20N2O5. The molecule has 132 valence electrons. The first-order valence-corrected chi connectivity index (χ1v) is 7.47. The van der Waals surface area contributed by atoms with E-state index in [1.807, 2.05) is 0 Å². The maximum atomic E-state index is 12.5. The predicted molar refractivity (Wildman–Crippen MR) is 93.9 cm³/mol. The highest BCUT2D eigenvalue weighted by atomic mass is 16.5. The second-order valence-corrected chi connectivity index (χ2v) is 5.05. The molecular weight excluding hydrogens is 324 g/mol. The Labute approximate surface area is 145 Å². The van der Waals surface area contributed by atoms with Gasteiger partial charge in [-0.15, -0.1) is 0 Å². The van der Waals surface area contributed by atoms with Crippen LogP contribution in [0.1, 0.15) is 20.7 Å². The van der Waals surface area contributed by atoms with Crippen LogP contribution < -0.4 is 24.8 Å². The summed E-state index contributed by atoms with van der Waals surface area (Å²) in [7, 11) is 6.03. The van der Waals surface area contributed by atoms with Crippen molar-refractivity contribution in [3.8, 4) is 17.2 Å². The first-order valence-electron chi connectivity index (χ1n) is 7.47. The molecule has 7 nitrogen and oxygen atoms in total. The molecule has 0 aliphatic carbocycles. The molecule has 0 radical (unpaired) electrons. The molecule has 0 aliphatic rings. The first-order chi connectivity index (χ1) is 12.0. The van der Waals surface area contributed by atoms with E-state index in [2.05, 4.69) is 10.6 Å². The van der Waals surface area contributed by atoms with E-state index in [0.29, 0.717) is 34.1 Å². The Balaban J connectivity index is 2.30. The molecule has 2 aromatic carbocycles. The van der Waals surface area contributed by atoms with Crippen molar-refractivity contribution in [3.63, 3.8) is 0 Å². The lowest BCUT2D eigenvalue weighted by molar-refractivity contribution is 0.0962. The lowest BCUT2D eigenvalue weighted by Gasteiger charge is -2.13. The third kappa shape index (κ3) is 4.20. The van der Waals surface area contributed by atoms with Gasteiger partial charge in [0.1, 0.15) is 17.2 Å². The molecule has 0 atom stereocenters. The molecule has 0 aromatic heterocycles. The third-order valence-corrected chi connectivity index (χ3v) is 3.55. The summed E-state index contributed by atoms with van der Waals surface area (Å²) in [6.45, 7) is 0. The molecule has 25 heavy (non-hydrogen) atoms. The summed E-state index contributed by atoms with van der Waals surface area (Å²) in [5.74, 6) is 0.791. The van der Waals surface area contributed by atoms with Crippen LogP contribution in [-0.2, 0) is 0 Å². The van der Waals surface area contributed by atoms with Gasteiger partial charge in [-0.2, -0.15) is 0 Å². The summed E-state index contributed by atoms with van der Waals surface area (Å²) in [5.41, 5.74) is 1.25. The number of hydrogen-bond acceptors (Lipinski definition) is 5. The molecule has 2 aromatic rings. The van der Waals surface area contributed by atoms with E-state index < -0.39 is 0 Å². The predicted octanol–water partition coefficient (Wildman–Crippen LogP) is 2.32. The Kier molecular flexibility index (Phi) is 5.84. The van der Waals surface area contributed by atoms with Gasteiger partial charge in [0.15, 0.2) is 0 Å². The molecule has 7 heteroatoms. The molecule has 0 saturated carbocycles. The maximum absolute atomic E-state index is 12.5. The van der Waals surface area contributed by atoms with Crippen molar-refractivity contribution in [2.75, 3.05) is 33.7 Å². The van der Waals surface area contributed by atoms with Crippen molar-refractivity contribution >= 4 is 17.5 Å². The van der Waals surface area contributed by atoms with Crippen LogP contribution in [-0.4, -0.2) is 40.2 Å². The zero-order valence-electron chi connectivity index (χ0n) is 14.5. The van der Waals surface area contributed by atoms with Crippen molar-refractivity contribution in [1.82, 2.24) is 5.32 Å². The highest BCUT2D eigenvalue weighted by Gasteiger charge is 2.14. The van der Waals surface area contributed by atoms with Crippen molar-refractivity contribution < 1.29 is 23.8 Å². The number of nitrogens with one attached hydrogen (secondary N) is 2. The molecule has 2 N–H and O–H groups in total. The van der Waals surface area contributed by atoms with Crippen LogP contribution in [0.25, 0.3) is 0 Å². The average molecular weight is 344 g/mol. The molecule has 0 heterocycles. The summed E-state index contributed by atoms with van der Waals surface area (Å²) < 4.78 is 15.6. The molecule has 2 amide bonds. The summed E-state index contributed by atoms with van der Waals surface area (Å²) in [4.78, 5) is 24.2. The Morgan fingerprint density at radius 3 is 1.96 bits per heavy atom. The van der Waals surface area contributed by atoms with Crippen molar-refractivity contribution in [1.29, 1.82) is 0 Å². The SMILES string of the molecule is CNC(=O)c1ccc(NC(=O)c2cc(OC)cc(OC)c2)c(OC)c1. The number of rotatable bonds is 6. The average Bonchev–Trinajstić information content (AvgIpc) is 2.66. The minimum absolute atomic E-state index is 0.242. The Morgan fingerprint density at radius 1 is 0.800 bits per heavy atom. The van der Waals surface area contributed by atoms with Crippen molar-refractivity contribution in [3.05, 3.63) is 47.5 Å². The monoisotopic (exact) mass is 344 g/mol. The van der Waals surface area contributed by atoms with Gasteiger partial charge < -0.3 is 24.8 Å². The highest BCUT2D eigenvalue weighted by molar-refractivity contribution is 6.06. The lowest BCUT2D eigenvalue weighted by Crippen LogP contribution is -2.18. The van der Waals surface area contributed by atoms with Crippen LogP contribution in [0.2, 0.25) is 0 Å². The fourth-order valence-electron chi connectivity index (χ4n) is 2.21. The minimum Gasteiger partial charge on any atom is -0.497 e. The smallest absolute Gasteiger partial charge is 0.256 e. The summed E-state index contributed by atoms with van der Waals surface area (Å²) in [6.07, 6.45) is 0. The van der Waals surface area contributed by atoms with Gasteiger partial charge in [-0.3, -0.25) is 9.59 Å². The number of carbonyl (C=O) groups is 2. The number of carbonyl (C=O) groups excluding carboxylic acids is 2. The van der Waals surface area contributed by atoms with Crippen molar-refractivity contribution in [2.24, 2.45) is 0 Å².